The lowest BCUT2D eigenvalue weighted by Gasteiger charge is -2.29. The second-order valence-corrected chi connectivity index (χ2v) is 3.25. The summed E-state index contributed by atoms with van der Waals surface area (Å²) in [6.07, 6.45) is 0. The second-order valence-electron chi connectivity index (χ2n) is 3.25. The van der Waals surface area contributed by atoms with E-state index >= 15 is 0 Å². The van der Waals surface area contributed by atoms with Crippen LogP contribution in [0.5, 0.6) is 0 Å². The van der Waals surface area contributed by atoms with Gasteiger partial charge in [0.15, 0.2) is 0 Å². The van der Waals surface area contributed by atoms with E-state index in [4.69, 9.17) is 5.73 Å². The van der Waals surface area contributed by atoms with E-state index in [0.717, 1.165) is 16.9 Å². The lowest BCUT2D eigenvalue weighted by molar-refractivity contribution is 0.245. The van der Waals surface area contributed by atoms with Crippen molar-refractivity contribution in [1.82, 2.24) is 5.32 Å². The number of carbonyl (C=O) groups excluding carboxylic acids is 1. The van der Waals surface area contributed by atoms with Gasteiger partial charge in [0.2, 0.25) is 0 Å². The van der Waals surface area contributed by atoms with Crippen molar-refractivity contribution in [3.05, 3.63) is 23.8 Å². The number of nitrogens with two attached hydrogens (primary N) is 1. The first kappa shape index (κ1) is 8.87. The topological polar surface area (TPSA) is 58.4 Å². The molecule has 0 radical (unpaired) electrons. The van der Waals surface area contributed by atoms with Crippen molar-refractivity contribution in [2.75, 3.05) is 17.2 Å². The number of carbonyl (C=O) groups is 1. The van der Waals surface area contributed by atoms with Crippen LogP contribution in [0.1, 0.15) is 12.5 Å². The Morgan fingerprint density at radius 3 is 3.07 bits per heavy atom. The number of amides is 2. The van der Waals surface area contributed by atoms with Crippen LogP contribution in [0.25, 0.3) is 0 Å². The second kappa shape index (κ2) is 3.21. The Kier molecular flexibility index (Phi) is 2.04. The average Bonchev–Trinajstić information content (AvgIpc) is 2.18. The quantitative estimate of drug-likeness (QED) is 0.658. The maximum absolute atomic E-state index is 11.5. The van der Waals surface area contributed by atoms with Gasteiger partial charge >= 0.3 is 6.03 Å². The number of nitrogen functional groups attached to an aromatic ring is 1. The fourth-order valence-corrected chi connectivity index (χ4v) is 1.72. The number of hydrogen-bond acceptors (Lipinski definition) is 2. The van der Waals surface area contributed by atoms with Crippen LogP contribution in [0, 0.1) is 0 Å². The molecule has 74 valence electrons. The first-order valence-corrected chi connectivity index (χ1v) is 4.66. The SMILES string of the molecule is CCN1C(=O)NCc2c(N)cccc21. The van der Waals surface area contributed by atoms with Crippen molar-refractivity contribution in [1.29, 1.82) is 0 Å². The molecular weight excluding hydrogens is 178 g/mol. The van der Waals surface area contributed by atoms with Crippen molar-refractivity contribution in [2.24, 2.45) is 0 Å². The van der Waals surface area contributed by atoms with E-state index in [1.54, 1.807) is 4.90 Å². The van der Waals surface area contributed by atoms with Crippen LogP contribution in [0.3, 0.4) is 0 Å². The molecule has 0 fully saturated rings. The zero-order valence-corrected chi connectivity index (χ0v) is 8.08. The summed E-state index contributed by atoms with van der Waals surface area (Å²) >= 11 is 0. The van der Waals surface area contributed by atoms with Crippen LogP contribution < -0.4 is 16.0 Å². The van der Waals surface area contributed by atoms with E-state index in [1.807, 2.05) is 25.1 Å². The van der Waals surface area contributed by atoms with Crippen molar-refractivity contribution in [3.63, 3.8) is 0 Å². The van der Waals surface area contributed by atoms with Gasteiger partial charge in [-0.3, -0.25) is 4.90 Å². The Labute approximate surface area is 82.7 Å². The van der Waals surface area contributed by atoms with Gasteiger partial charge in [0.1, 0.15) is 0 Å². The maximum atomic E-state index is 11.5. The normalized spacial score (nSPS) is 14.9. The zero-order chi connectivity index (χ0) is 10.1. The van der Waals surface area contributed by atoms with E-state index in [9.17, 15) is 4.79 Å². The molecule has 2 rings (SSSR count). The number of urea groups is 1. The molecule has 0 aromatic heterocycles. The predicted molar refractivity (Wildman–Crippen MR) is 56.1 cm³/mol. The lowest BCUT2D eigenvalue weighted by atomic mass is 10.1. The molecule has 1 aromatic rings. The van der Waals surface area contributed by atoms with Crippen molar-refractivity contribution in [3.8, 4) is 0 Å². The molecule has 0 saturated heterocycles. The van der Waals surface area contributed by atoms with Crippen LogP contribution in [-0.4, -0.2) is 12.6 Å². The maximum Gasteiger partial charge on any atom is 0.322 e. The Hall–Kier alpha value is -1.71. The molecule has 14 heavy (non-hydrogen) atoms. The molecule has 4 nitrogen and oxygen atoms in total. The summed E-state index contributed by atoms with van der Waals surface area (Å²) in [5.74, 6) is 0. The molecule has 0 atom stereocenters. The Morgan fingerprint density at radius 2 is 2.36 bits per heavy atom. The van der Waals surface area contributed by atoms with Crippen LogP contribution in [0.2, 0.25) is 0 Å². The minimum absolute atomic E-state index is 0.0504. The highest BCUT2D eigenvalue weighted by molar-refractivity contribution is 5.95. The van der Waals surface area contributed by atoms with Crippen LogP contribution in [0.4, 0.5) is 16.2 Å². The first-order chi connectivity index (χ1) is 6.74. The zero-order valence-electron chi connectivity index (χ0n) is 8.08. The minimum Gasteiger partial charge on any atom is -0.398 e. The summed E-state index contributed by atoms with van der Waals surface area (Å²) in [4.78, 5) is 13.2. The predicted octanol–water partition coefficient (Wildman–Crippen LogP) is 1.32. The van der Waals surface area contributed by atoms with E-state index in [1.165, 1.54) is 0 Å². The third kappa shape index (κ3) is 1.19. The van der Waals surface area contributed by atoms with Gasteiger partial charge in [-0.15, -0.1) is 0 Å². The first-order valence-electron chi connectivity index (χ1n) is 4.66. The largest absolute Gasteiger partial charge is 0.398 e. The molecule has 4 heteroatoms. The number of fused-ring (bicyclic) bond motifs is 1. The summed E-state index contributed by atoms with van der Waals surface area (Å²) in [6, 6.07) is 5.60. The van der Waals surface area contributed by atoms with Gasteiger partial charge < -0.3 is 11.1 Å². The number of hydrogen-bond donors (Lipinski definition) is 2. The molecule has 0 saturated carbocycles. The Balaban J connectivity index is 2.52. The molecule has 0 bridgehead atoms. The van der Waals surface area contributed by atoms with Crippen LogP contribution in [-0.2, 0) is 6.54 Å². The van der Waals surface area contributed by atoms with Gasteiger partial charge in [0.25, 0.3) is 0 Å². The highest BCUT2D eigenvalue weighted by Crippen LogP contribution is 2.28. The highest BCUT2D eigenvalue weighted by atomic mass is 16.2. The summed E-state index contributed by atoms with van der Waals surface area (Å²) in [7, 11) is 0. The third-order valence-corrected chi connectivity index (χ3v) is 2.46. The Morgan fingerprint density at radius 1 is 1.57 bits per heavy atom. The molecule has 1 aromatic carbocycles. The molecule has 1 aliphatic heterocycles. The molecule has 0 unspecified atom stereocenters. The van der Waals surface area contributed by atoms with Gasteiger partial charge in [-0.25, -0.2) is 4.79 Å². The van der Waals surface area contributed by atoms with Crippen LogP contribution >= 0.6 is 0 Å². The standard InChI is InChI=1S/C10H13N3O/c1-2-13-9-5-3-4-8(11)7(9)6-12-10(13)14/h3-5H,2,6,11H2,1H3,(H,12,14). The average molecular weight is 191 g/mol. The number of anilines is 2. The summed E-state index contributed by atoms with van der Waals surface area (Å²) in [6.45, 7) is 3.12. The number of rotatable bonds is 1. The van der Waals surface area contributed by atoms with E-state index in [2.05, 4.69) is 5.32 Å². The molecule has 0 aliphatic carbocycles. The van der Waals surface area contributed by atoms with Gasteiger partial charge in [0, 0.05) is 24.3 Å². The van der Waals surface area contributed by atoms with Crippen molar-refractivity contribution in [2.45, 2.75) is 13.5 Å². The number of nitrogens with zero attached hydrogens (tertiary/aromatic N) is 1. The summed E-state index contributed by atoms with van der Waals surface area (Å²) in [5, 5.41) is 2.79. The van der Waals surface area contributed by atoms with Crippen LogP contribution in [0.15, 0.2) is 18.2 Å². The fraction of sp³-hybridized carbons (Fsp3) is 0.300. The lowest BCUT2D eigenvalue weighted by Crippen LogP contribution is -2.44. The summed E-state index contributed by atoms with van der Waals surface area (Å²) < 4.78 is 0. The van der Waals surface area contributed by atoms with Crippen molar-refractivity contribution < 1.29 is 4.79 Å². The Bertz CT molecular complexity index is 376. The fourth-order valence-electron chi connectivity index (χ4n) is 1.72. The number of benzene rings is 1. The molecule has 3 N–H and O–H groups in total. The molecule has 0 spiro atoms. The number of nitrogens with one attached hydrogen (secondary N) is 1. The van der Waals surface area contributed by atoms with Gasteiger partial charge in [0.05, 0.1) is 5.69 Å². The van der Waals surface area contributed by atoms with E-state index < -0.39 is 0 Å². The van der Waals surface area contributed by atoms with Gasteiger partial charge in [-0.05, 0) is 19.1 Å². The molecule has 1 heterocycles. The van der Waals surface area contributed by atoms with E-state index in [0.29, 0.717) is 13.1 Å². The van der Waals surface area contributed by atoms with Crippen molar-refractivity contribution >= 4 is 17.4 Å². The third-order valence-electron chi connectivity index (χ3n) is 2.46. The van der Waals surface area contributed by atoms with Gasteiger partial charge in [-0.2, -0.15) is 0 Å². The summed E-state index contributed by atoms with van der Waals surface area (Å²) in [5.41, 5.74) is 8.50. The molecular formula is C10H13N3O. The molecule has 1 aliphatic rings. The van der Waals surface area contributed by atoms with Gasteiger partial charge in [-0.1, -0.05) is 6.07 Å². The van der Waals surface area contributed by atoms with E-state index in [-0.39, 0.29) is 6.03 Å². The smallest absolute Gasteiger partial charge is 0.322 e. The monoisotopic (exact) mass is 191 g/mol. The highest BCUT2D eigenvalue weighted by Gasteiger charge is 2.22. The molecule has 2 amide bonds. The minimum atomic E-state index is -0.0504.